The van der Waals surface area contributed by atoms with Crippen LogP contribution < -0.4 is 0 Å². The second-order valence-electron chi connectivity index (χ2n) is 5.66. The number of carbonyl (C=O) groups excluding carboxylic acids is 2. The fourth-order valence-electron chi connectivity index (χ4n) is 2.61. The first-order valence-electron chi connectivity index (χ1n) is 8.00. The zero-order valence-corrected chi connectivity index (χ0v) is 15.7. The number of nitrogens with zero attached hydrogens (tertiary/aromatic N) is 4. The van der Waals surface area contributed by atoms with E-state index in [2.05, 4.69) is 15.1 Å². The Morgan fingerprint density at radius 2 is 1.96 bits per heavy atom. The summed E-state index contributed by atoms with van der Waals surface area (Å²) in [5.41, 5.74) is 2.95. The van der Waals surface area contributed by atoms with E-state index in [0.29, 0.717) is 33.7 Å². The maximum atomic E-state index is 12.6. The standard InChI is InChI=1S/C17H18N4O4S/c1-5-24-17(23)15-19-11(8-26-15)7-25-16(22)12-6-9(2)18-14-13(12)10(3)20-21(14)4/h6,8H,5,7H2,1-4H3. The van der Waals surface area contributed by atoms with Gasteiger partial charge in [0.1, 0.15) is 6.61 Å². The molecule has 0 aliphatic rings. The van der Waals surface area contributed by atoms with Gasteiger partial charge in [0, 0.05) is 18.1 Å². The molecule has 0 aliphatic carbocycles. The van der Waals surface area contributed by atoms with Gasteiger partial charge in [-0.1, -0.05) is 0 Å². The van der Waals surface area contributed by atoms with Crippen molar-refractivity contribution in [1.82, 2.24) is 19.7 Å². The number of carbonyl (C=O) groups is 2. The van der Waals surface area contributed by atoms with E-state index < -0.39 is 11.9 Å². The molecule has 8 nitrogen and oxygen atoms in total. The zero-order chi connectivity index (χ0) is 18.8. The monoisotopic (exact) mass is 374 g/mol. The van der Waals surface area contributed by atoms with E-state index in [-0.39, 0.29) is 18.2 Å². The Morgan fingerprint density at radius 3 is 2.69 bits per heavy atom. The van der Waals surface area contributed by atoms with E-state index in [1.54, 1.807) is 30.1 Å². The summed E-state index contributed by atoms with van der Waals surface area (Å²) in [7, 11) is 1.78. The highest BCUT2D eigenvalue weighted by molar-refractivity contribution is 7.11. The minimum Gasteiger partial charge on any atom is -0.461 e. The first-order chi connectivity index (χ1) is 12.4. The third-order valence-electron chi connectivity index (χ3n) is 3.67. The molecule has 0 radical (unpaired) electrons. The Labute approximate surface area is 153 Å². The number of thiazole rings is 1. The summed E-state index contributed by atoms with van der Waals surface area (Å²) in [6.45, 7) is 5.61. The average Bonchev–Trinajstić information content (AvgIpc) is 3.17. The lowest BCUT2D eigenvalue weighted by atomic mass is 10.1. The van der Waals surface area contributed by atoms with Crippen LogP contribution in [0.2, 0.25) is 0 Å². The largest absolute Gasteiger partial charge is 0.461 e. The van der Waals surface area contributed by atoms with Crippen LogP contribution >= 0.6 is 11.3 Å². The van der Waals surface area contributed by atoms with Gasteiger partial charge in [0.15, 0.2) is 5.65 Å². The van der Waals surface area contributed by atoms with Crippen molar-refractivity contribution in [3.8, 4) is 0 Å². The molecule has 0 bridgehead atoms. The Kier molecular flexibility index (Phi) is 4.99. The molecule has 0 saturated heterocycles. The molecular formula is C17H18N4O4S. The molecule has 0 unspecified atom stereocenters. The number of hydrogen-bond donors (Lipinski definition) is 0. The molecule has 26 heavy (non-hydrogen) atoms. The molecule has 0 aliphatic heterocycles. The Hall–Kier alpha value is -2.81. The van der Waals surface area contributed by atoms with Crippen LogP contribution in [0.5, 0.6) is 0 Å². The van der Waals surface area contributed by atoms with Crippen LogP contribution in [0.4, 0.5) is 0 Å². The summed E-state index contributed by atoms with van der Waals surface area (Å²) in [5.74, 6) is -0.963. The second-order valence-corrected chi connectivity index (χ2v) is 6.52. The highest BCUT2D eigenvalue weighted by Gasteiger charge is 2.19. The van der Waals surface area contributed by atoms with E-state index in [0.717, 1.165) is 11.3 Å². The van der Waals surface area contributed by atoms with Crippen LogP contribution in [0.3, 0.4) is 0 Å². The second kappa shape index (κ2) is 7.20. The molecule has 0 saturated carbocycles. The minimum atomic E-state index is -0.484. The third-order valence-corrected chi connectivity index (χ3v) is 4.54. The van der Waals surface area contributed by atoms with E-state index in [4.69, 9.17) is 9.47 Å². The van der Waals surface area contributed by atoms with Crippen molar-refractivity contribution in [3.05, 3.63) is 39.1 Å². The zero-order valence-electron chi connectivity index (χ0n) is 14.9. The van der Waals surface area contributed by atoms with Gasteiger partial charge < -0.3 is 9.47 Å². The van der Waals surface area contributed by atoms with Gasteiger partial charge in [-0.05, 0) is 26.8 Å². The minimum absolute atomic E-state index is 0.0308. The van der Waals surface area contributed by atoms with E-state index >= 15 is 0 Å². The predicted octanol–water partition coefficient (Wildman–Crippen LogP) is 2.58. The van der Waals surface area contributed by atoms with Crippen LogP contribution in [-0.2, 0) is 23.1 Å². The molecule has 136 valence electrons. The molecule has 0 aromatic carbocycles. The quantitative estimate of drug-likeness (QED) is 0.633. The molecular weight excluding hydrogens is 356 g/mol. The summed E-state index contributed by atoms with van der Waals surface area (Å²) >= 11 is 1.16. The lowest BCUT2D eigenvalue weighted by Crippen LogP contribution is -2.08. The molecule has 0 fully saturated rings. The smallest absolute Gasteiger partial charge is 0.367 e. The number of aromatic nitrogens is 4. The molecule has 0 amide bonds. The van der Waals surface area contributed by atoms with Crippen LogP contribution in [0.1, 0.15) is 44.2 Å². The van der Waals surface area contributed by atoms with Crippen molar-refractivity contribution in [2.45, 2.75) is 27.4 Å². The van der Waals surface area contributed by atoms with E-state index in [9.17, 15) is 9.59 Å². The van der Waals surface area contributed by atoms with Crippen molar-refractivity contribution >= 4 is 34.3 Å². The van der Waals surface area contributed by atoms with Crippen LogP contribution in [0, 0.1) is 13.8 Å². The van der Waals surface area contributed by atoms with Gasteiger partial charge in [0.2, 0.25) is 5.01 Å². The lowest BCUT2D eigenvalue weighted by molar-refractivity contribution is 0.0470. The maximum absolute atomic E-state index is 12.6. The van der Waals surface area contributed by atoms with Crippen LogP contribution in [-0.4, -0.2) is 38.3 Å². The summed E-state index contributed by atoms with van der Waals surface area (Å²) in [4.78, 5) is 32.8. The fraction of sp³-hybridized carbons (Fsp3) is 0.353. The van der Waals surface area contributed by atoms with Gasteiger partial charge in [0.25, 0.3) is 0 Å². The van der Waals surface area contributed by atoms with Crippen molar-refractivity contribution < 1.29 is 19.1 Å². The van der Waals surface area contributed by atoms with Crippen molar-refractivity contribution in [3.63, 3.8) is 0 Å². The summed E-state index contributed by atoms with van der Waals surface area (Å²) < 4.78 is 11.9. The Balaban J connectivity index is 1.79. The highest BCUT2D eigenvalue weighted by atomic mass is 32.1. The van der Waals surface area contributed by atoms with Gasteiger partial charge in [0.05, 0.1) is 28.9 Å². The number of esters is 2. The first-order valence-corrected chi connectivity index (χ1v) is 8.88. The molecule has 9 heteroatoms. The molecule has 3 heterocycles. The number of pyridine rings is 1. The molecule has 3 rings (SSSR count). The van der Waals surface area contributed by atoms with Gasteiger partial charge in [-0.3, -0.25) is 4.68 Å². The topological polar surface area (TPSA) is 96.2 Å². The first kappa shape index (κ1) is 18.0. The van der Waals surface area contributed by atoms with Crippen molar-refractivity contribution in [2.75, 3.05) is 6.61 Å². The van der Waals surface area contributed by atoms with E-state index in [1.165, 1.54) is 0 Å². The maximum Gasteiger partial charge on any atom is 0.367 e. The predicted molar refractivity (Wildman–Crippen MR) is 95.2 cm³/mol. The molecule has 0 spiro atoms. The van der Waals surface area contributed by atoms with Crippen LogP contribution in [0.25, 0.3) is 11.0 Å². The van der Waals surface area contributed by atoms with Crippen molar-refractivity contribution in [1.29, 1.82) is 0 Å². The van der Waals surface area contributed by atoms with Crippen LogP contribution in [0.15, 0.2) is 11.4 Å². The van der Waals surface area contributed by atoms with E-state index in [1.807, 2.05) is 13.8 Å². The Morgan fingerprint density at radius 1 is 1.19 bits per heavy atom. The fourth-order valence-corrected chi connectivity index (χ4v) is 3.30. The van der Waals surface area contributed by atoms with Gasteiger partial charge in [-0.25, -0.2) is 19.6 Å². The number of ether oxygens (including phenoxy) is 2. The van der Waals surface area contributed by atoms with Gasteiger partial charge >= 0.3 is 11.9 Å². The number of rotatable bonds is 5. The number of hydrogen-bond acceptors (Lipinski definition) is 8. The summed E-state index contributed by atoms with van der Waals surface area (Å²) in [6, 6.07) is 1.68. The molecule has 0 N–H and O–H groups in total. The molecule has 0 atom stereocenters. The lowest BCUT2D eigenvalue weighted by Gasteiger charge is -2.06. The highest BCUT2D eigenvalue weighted by Crippen LogP contribution is 2.23. The number of aryl methyl sites for hydroxylation is 3. The molecule has 3 aromatic heterocycles. The summed E-state index contributed by atoms with van der Waals surface area (Å²) in [6.07, 6.45) is 0. The van der Waals surface area contributed by atoms with Gasteiger partial charge in [-0.15, -0.1) is 11.3 Å². The van der Waals surface area contributed by atoms with Gasteiger partial charge in [-0.2, -0.15) is 5.10 Å². The SMILES string of the molecule is CCOC(=O)c1nc(COC(=O)c2cc(C)nc3c2c(C)nn3C)cs1. The third kappa shape index (κ3) is 3.43. The number of fused-ring (bicyclic) bond motifs is 1. The molecule has 3 aromatic rings. The summed E-state index contributed by atoms with van der Waals surface area (Å²) in [5, 5.41) is 6.90. The normalized spacial score (nSPS) is 10.9. The van der Waals surface area contributed by atoms with Crippen molar-refractivity contribution in [2.24, 2.45) is 7.05 Å². The average molecular weight is 374 g/mol. The Bertz CT molecular complexity index is 992.